The van der Waals surface area contributed by atoms with Crippen molar-refractivity contribution in [2.75, 3.05) is 0 Å². The van der Waals surface area contributed by atoms with Gasteiger partial charge in [0.2, 0.25) is 0 Å². The van der Waals surface area contributed by atoms with E-state index in [1.54, 1.807) is 12.1 Å². The predicted molar refractivity (Wildman–Crippen MR) is 97.8 cm³/mol. The van der Waals surface area contributed by atoms with E-state index >= 15 is 0 Å². The Bertz CT molecular complexity index is 1110. The summed E-state index contributed by atoms with van der Waals surface area (Å²) in [5.41, 5.74) is 1.20. The quantitative estimate of drug-likeness (QED) is 0.501. The second-order valence-corrected chi connectivity index (χ2v) is 9.23. The number of fused-ring (bicyclic) bond motifs is 2. The molecule has 0 atom stereocenters. The van der Waals surface area contributed by atoms with Crippen LogP contribution in [0.2, 0.25) is 0 Å². The highest BCUT2D eigenvalue weighted by atomic mass is 32.2. The Morgan fingerprint density at radius 2 is 1.21 bits per heavy atom. The van der Waals surface area contributed by atoms with Crippen LogP contribution in [0.4, 0.5) is 0 Å². The third-order valence-electron chi connectivity index (χ3n) is 3.61. The number of hydrogen-bond acceptors (Lipinski definition) is 5. The Balaban J connectivity index is 1.78. The molecule has 0 aliphatic heterocycles. The normalized spacial score (nSPS) is 11.0. The molecule has 114 valence electrons. The van der Waals surface area contributed by atoms with E-state index in [4.69, 9.17) is 10.5 Å². The van der Waals surface area contributed by atoms with Crippen LogP contribution in [-0.4, -0.2) is 4.21 Å². The average molecular weight is 364 g/mol. The van der Waals surface area contributed by atoms with Crippen LogP contribution in [0.25, 0.3) is 20.2 Å². The number of benzene rings is 2. The molecule has 2 aromatic heterocycles. The van der Waals surface area contributed by atoms with Gasteiger partial charge in [-0.15, -0.1) is 22.7 Å². The highest BCUT2D eigenvalue weighted by Crippen LogP contribution is 2.35. The largest absolute Gasteiger partial charge is 0.247 e. The monoisotopic (exact) mass is 364 g/mol. The number of rotatable bonds is 2. The van der Waals surface area contributed by atoms with E-state index < -0.39 is 10.8 Å². The van der Waals surface area contributed by atoms with Crippen LogP contribution >= 0.6 is 22.7 Å². The number of hydrogen-bond donors (Lipinski definition) is 0. The van der Waals surface area contributed by atoms with Crippen LogP contribution in [0.5, 0.6) is 0 Å². The molecule has 24 heavy (non-hydrogen) atoms. The van der Waals surface area contributed by atoms with E-state index in [2.05, 4.69) is 12.1 Å². The molecule has 0 saturated carbocycles. The second kappa shape index (κ2) is 5.85. The minimum absolute atomic E-state index is 0.600. The van der Waals surface area contributed by atoms with E-state index in [0.29, 0.717) is 11.1 Å². The summed E-state index contributed by atoms with van der Waals surface area (Å²) in [7, 11) is -1.26. The standard InChI is InChI=1S/C18H8N2OS3/c19-9-11-1-3-15-13(5-11)7-17(22-15)24(21)18-8-14-6-12(10-20)2-4-16(14)23-18/h1-8H. The molecule has 0 spiro atoms. The molecular formula is C18H8N2OS3. The molecule has 6 heteroatoms. The average Bonchev–Trinajstić information content (AvgIpc) is 3.23. The first kappa shape index (κ1) is 15.0. The summed E-state index contributed by atoms with van der Waals surface area (Å²) < 4.78 is 16.5. The molecule has 0 aliphatic rings. The lowest BCUT2D eigenvalue weighted by Crippen LogP contribution is -1.84. The van der Waals surface area contributed by atoms with Gasteiger partial charge in [0.25, 0.3) is 0 Å². The van der Waals surface area contributed by atoms with Crippen molar-refractivity contribution < 1.29 is 4.21 Å². The highest BCUT2D eigenvalue weighted by molar-refractivity contribution is 7.89. The van der Waals surface area contributed by atoms with Gasteiger partial charge in [-0.2, -0.15) is 10.5 Å². The summed E-state index contributed by atoms with van der Waals surface area (Å²) in [5.74, 6) is 0. The molecule has 0 aliphatic carbocycles. The Kier molecular flexibility index (Phi) is 3.66. The zero-order valence-corrected chi connectivity index (χ0v) is 14.6. The maximum Gasteiger partial charge on any atom is 0.105 e. The molecule has 3 nitrogen and oxygen atoms in total. The first-order valence-electron chi connectivity index (χ1n) is 6.97. The smallest absolute Gasteiger partial charge is 0.105 e. The lowest BCUT2D eigenvalue weighted by atomic mass is 10.2. The van der Waals surface area contributed by atoms with Gasteiger partial charge >= 0.3 is 0 Å². The van der Waals surface area contributed by atoms with Crippen LogP contribution in [0.3, 0.4) is 0 Å². The molecule has 0 bridgehead atoms. The van der Waals surface area contributed by atoms with Gasteiger partial charge in [-0.1, -0.05) is 0 Å². The van der Waals surface area contributed by atoms with Crippen molar-refractivity contribution in [2.45, 2.75) is 8.42 Å². The first-order chi connectivity index (χ1) is 11.7. The fraction of sp³-hybridized carbons (Fsp3) is 0. The Morgan fingerprint density at radius 3 is 1.62 bits per heavy atom. The van der Waals surface area contributed by atoms with Crippen LogP contribution in [0, 0.1) is 22.7 Å². The summed E-state index contributed by atoms with van der Waals surface area (Å²) in [5, 5.41) is 19.9. The minimum atomic E-state index is -1.26. The van der Waals surface area contributed by atoms with Crippen molar-refractivity contribution in [3.63, 3.8) is 0 Å². The van der Waals surface area contributed by atoms with E-state index in [1.165, 1.54) is 22.7 Å². The summed E-state index contributed by atoms with van der Waals surface area (Å²) >= 11 is 2.96. The Hall–Kier alpha value is -2.51. The van der Waals surface area contributed by atoms with Gasteiger partial charge in [0.05, 0.1) is 31.7 Å². The van der Waals surface area contributed by atoms with E-state index in [1.807, 2.05) is 36.4 Å². The molecule has 0 saturated heterocycles. The predicted octanol–water partition coefficient (Wildman–Crippen LogP) is 5.03. The fourth-order valence-electron chi connectivity index (χ4n) is 2.46. The number of nitriles is 2. The molecular weight excluding hydrogens is 356 g/mol. The van der Waals surface area contributed by atoms with Gasteiger partial charge in [-0.05, 0) is 59.3 Å². The SMILES string of the molecule is N#Cc1ccc2sc(S(=O)c3cc4cc(C#N)ccc4s3)cc2c1. The highest BCUT2D eigenvalue weighted by Gasteiger charge is 2.15. The van der Waals surface area contributed by atoms with E-state index in [9.17, 15) is 4.21 Å². The van der Waals surface area contributed by atoms with Gasteiger partial charge in [-0.25, -0.2) is 4.21 Å². The maximum absolute atomic E-state index is 12.9. The molecule has 4 rings (SSSR count). The topological polar surface area (TPSA) is 64.7 Å². The van der Waals surface area contributed by atoms with Crippen molar-refractivity contribution >= 4 is 53.6 Å². The molecule has 0 radical (unpaired) electrons. The summed E-state index contributed by atoms with van der Waals surface area (Å²) in [4.78, 5) is 0. The Morgan fingerprint density at radius 1 is 0.750 bits per heavy atom. The van der Waals surface area contributed by atoms with Crippen LogP contribution in [0.15, 0.2) is 56.9 Å². The van der Waals surface area contributed by atoms with Crippen molar-refractivity contribution in [1.82, 2.24) is 0 Å². The summed E-state index contributed by atoms with van der Waals surface area (Å²) in [6, 6.07) is 19.0. The van der Waals surface area contributed by atoms with Crippen molar-refractivity contribution in [3.8, 4) is 12.1 Å². The van der Waals surface area contributed by atoms with Crippen molar-refractivity contribution in [1.29, 1.82) is 10.5 Å². The molecule has 0 amide bonds. The number of nitrogens with zero attached hydrogens (tertiary/aromatic N) is 2. The van der Waals surface area contributed by atoms with Gasteiger partial charge in [-0.3, -0.25) is 0 Å². The maximum atomic E-state index is 12.9. The molecule has 2 heterocycles. The molecule has 0 unspecified atom stereocenters. The van der Waals surface area contributed by atoms with Crippen LogP contribution < -0.4 is 0 Å². The van der Waals surface area contributed by atoms with Gasteiger partial charge in [0, 0.05) is 9.40 Å². The lowest BCUT2D eigenvalue weighted by molar-refractivity contribution is 0.686. The molecule has 4 aromatic rings. The lowest BCUT2D eigenvalue weighted by Gasteiger charge is -1.92. The third kappa shape index (κ3) is 2.51. The van der Waals surface area contributed by atoms with Crippen LogP contribution in [0.1, 0.15) is 11.1 Å². The summed E-state index contributed by atoms with van der Waals surface area (Å²) in [6.07, 6.45) is 0. The minimum Gasteiger partial charge on any atom is -0.247 e. The zero-order chi connectivity index (χ0) is 16.7. The van der Waals surface area contributed by atoms with E-state index in [0.717, 1.165) is 28.6 Å². The van der Waals surface area contributed by atoms with Gasteiger partial charge < -0.3 is 0 Å². The fourth-order valence-corrected chi connectivity index (χ4v) is 6.52. The zero-order valence-electron chi connectivity index (χ0n) is 12.1. The summed E-state index contributed by atoms with van der Waals surface area (Å²) in [6.45, 7) is 0. The van der Waals surface area contributed by atoms with Gasteiger partial charge in [0.1, 0.15) is 10.8 Å². The molecule has 0 fully saturated rings. The van der Waals surface area contributed by atoms with Crippen molar-refractivity contribution in [3.05, 3.63) is 59.7 Å². The van der Waals surface area contributed by atoms with Crippen molar-refractivity contribution in [2.24, 2.45) is 0 Å². The van der Waals surface area contributed by atoms with Gasteiger partial charge in [0.15, 0.2) is 0 Å². The number of thiophene rings is 2. The van der Waals surface area contributed by atoms with Crippen LogP contribution in [-0.2, 0) is 10.8 Å². The molecule has 0 N–H and O–H groups in total. The second-order valence-electron chi connectivity index (χ2n) is 5.13. The molecule has 2 aromatic carbocycles. The Labute approximate surface area is 148 Å². The van der Waals surface area contributed by atoms with E-state index in [-0.39, 0.29) is 0 Å². The first-order valence-corrected chi connectivity index (χ1v) is 9.75. The third-order valence-corrected chi connectivity index (χ3v) is 7.81.